The Morgan fingerprint density at radius 2 is 2.41 bits per heavy atom. The minimum absolute atomic E-state index is 0.0282. The third-order valence-electron chi connectivity index (χ3n) is 2.68. The Morgan fingerprint density at radius 1 is 1.71 bits per heavy atom. The predicted molar refractivity (Wildman–Crippen MR) is 63.8 cm³/mol. The van der Waals surface area contributed by atoms with Gasteiger partial charge in [0.05, 0.1) is 17.9 Å². The Bertz CT molecular complexity index is 453. The Labute approximate surface area is 106 Å². The van der Waals surface area contributed by atoms with Crippen LogP contribution in [0.1, 0.15) is 23.2 Å². The summed E-state index contributed by atoms with van der Waals surface area (Å²) in [6.07, 6.45) is 3.34. The summed E-state index contributed by atoms with van der Waals surface area (Å²) in [4.78, 5) is 11.9. The van der Waals surface area contributed by atoms with Gasteiger partial charge < -0.3 is 20.7 Å². The standard InChI is InChI=1S/C10H12BrN3O3/c11-8-6(3-4-17-8)10(15)13-7(5-1-2-5)9(12)14-16/h3-5,7,16H,1-2H2,(H2,12,14)(H,13,15). The van der Waals surface area contributed by atoms with Gasteiger partial charge in [-0.1, -0.05) is 5.16 Å². The number of halogens is 1. The summed E-state index contributed by atoms with van der Waals surface area (Å²) in [5, 5.41) is 14.3. The molecule has 92 valence electrons. The number of oxime groups is 1. The molecule has 1 atom stereocenters. The Balaban J connectivity index is 2.08. The minimum atomic E-state index is -0.422. The van der Waals surface area contributed by atoms with E-state index < -0.39 is 6.04 Å². The lowest BCUT2D eigenvalue weighted by molar-refractivity contribution is 0.0941. The van der Waals surface area contributed by atoms with Crippen LogP contribution in [0.2, 0.25) is 0 Å². The molecule has 1 unspecified atom stereocenters. The molecule has 1 aromatic heterocycles. The second-order valence-electron chi connectivity index (χ2n) is 3.92. The quantitative estimate of drug-likeness (QED) is 0.338. The molecule has 1 fully saturated rings. The monoisotopic (exact) mass is 301 g/mol. The van der Waals surface area contributed by atoms with Crippen LogP contribution < -0.4 is 11.1 Å². The van der Waals surface area contributed by atoms with Gasteiger partial charge in [-0.05, 0) is 40.8 Å². The number of amidine groups is 1. The molecule has 6 nitrogen and oxygen atoms in total. The van der Waals surface area contributed by atoms with E-state index in [0.29, 0.717) is 10.2 Å². The van der Waals surface area contributed by atoms with Gasteiger partial charge in [0.2, 0.25) is 0 Å². The number of hydrogen-bond donors (Lipinski definition) is 3. The SMILES string of the molecule is N/C(=N/O)C(NC(=O)c1ccoc1Br)C1CC1. The van der Waals surface area contributed by atoms with Crippen molar-refractivity contribution in [3.8, 4) is 0 Å². The van der Waals surface area contributed by atoms with Crippen molar-refractivity contribution < 1.29 is 14.4 Å². The average Bonchev–Trinajstić information content (AvgIpc) is 3.07. The van der Waals surface area contributed by atoms with Gasteiger partial charge in [0.15, 0.2) is 10.5 Å². The molecule has 2 rings (SSSR count). The van der Waals surface area contributed by atoms with Gasteiger partial charge in [-0.15, -0.1) is 0 Å². The summed E-state index contributed by atoms with van der Waals surface area (Å²) in [6, 6.07) is 1.13. The van der Waals surface area contributed by atoms with Crippen molar-refractivity contribution in [3.63, 3.8) is 0 Å². The summed E-state index contributed by atoms with van der Waals surface area (Å²) in [6.45, 7) is 0. The summed E-state index contributed by atoms with van der Waals surface area (Å²) in [5.41, 5.74) is 5.94. The summed E-state index contributed by atoms with van der Waals surface area (Å²) in [7, 11) is 0. The second kappa shape index (κ2) is 4.79. The van der Waals surface area contributed by atoms with Gasteiger partial charge in [-0.2, -0.15) is 0 Å². The molecule has 17 heavy (non-hydrogen) atoms. The van der Waals surface area contributed by atoms with Crippen LogP contribution in [0.4, 0.5) is 0 Å². The number of amides is 1. The first-order valence-electron chi connectivity index (χ1n) is 5.14. The van der Waals surface area contributed by atoms with Gasteiger partial charge in [-0.3, -0.25) is 4.79 Å². The third-order valence-corrected chi connectivity index (χ3v) is 3.29. The number of nitrogens with one attached hydrogen (secondary N) is 1. The highest BCUT2D eigenvalue weighted by atomic mass is 79.9. The van der Waals surface area contributed by atoms with E-state index in [2.05, 4.69) is 26.4 Å². The molecule has 1 aliphatic carbocycles. The maximum atomic E-state index is 11.9. The number of rotatable bonds is 4. The molecular weight excluding hydrogens is 290 g/mol. The van der Waals surface area contributed by atoms with Crippen molar-refractivity contribution in [3.05, 3.63) is 22.6 Å². The minimum Gasteiger partial charge on any atom is -0.457 e. The average molecular weight is 302 g/mol. The number of nitrogens with two attached hydrogens (primary N) is 1. The molecule has 0 aromatic carbocycles. The van der Waals surface area contributed by atoms with Crippen molar-refractivity contribution in [2.45, 2.75) is 18.9 Å². The van der Waals surface area contributed by atoms with Crippen LogP contribution in [-0.2, 0) is 0 Å². The van der Waals surface area contributed by atoms with Crippen molar-refractivity contribution in [1.29, 1.82) is 0 Å². The molecule has 1 saturated carbocycles. The zero-order valence-corrected chi connectivity index (χ0v) is 10.5. The van der Waals surface area contributed by atoms with Crippen molar-refractivity contribution in [1.82, 2.24) is 5.32 Å². The van der Waals surface area contributed by atoms with E-state index in [1.54, 1.807) is 6.07 Å². The molecule has 1 aliphatic rings. The number of carbonyl (C=O) groups is 1. The molecule has 1 amide bonds. The van der Waals surface area contributed by atoms with E-state index >= 15 is 0 Å². The zero-order chi connectivity index (χ0) is 12.4. The topological polar surface area (TPSA) is 101 Å². The van der Waals surface area contributed by atoms with Crippen LogP contribution in [0.5, 0.6) is 0 Å². The predicted octanol–water partition coefficient (Wildman–Crippen LogP) is 1.30. The van der Waals surface area contributed by atoms with Crippen molar-refractivity contribution >= 4 is 27.7 Å². The lowest BCUT2D eigenvalue weighted by atomic mass is 10.1. The van der Waals surface area contributed by atoms with E-state index in [-0.39, 0.29) is 17.7 Å². The summed E-state index contributed by atoms with van der Waals surface area (Å²) >= 11 is 3.13. The molecule has 0 aliphatic heterocycles. The molecule has 7 heteroatoms. The maximum absolute atomic E-state index is 11.9. The van der Waals surface area contributed by atoms with Gasteiger partial charge in [0, 0.05) is 0 Å². The highest BCUT2D eigenvalue weighted by Crippen LogP contribution is 2.33. The Morgan fingerprint density at radius 3 is 2.88 bits per heavy atom. The molecule has 0 spiro atoms. The smallest absolute Gasteiger partial charge is 0.256 e. The van der Waals surface area contributed by atoms with E-state index in [1.165, 1.54) is 6.26 Å². The molecule has 0 radical (unpaired) electrons. The third kappa shape index (κ3) is 2.60. The van der Waals surface area contributed by atoms with Gasteiger partial charge in [-0.25, -0.2) is 0 Å². The Kier molecular flexibility index (Phi) is 3.37. The van der Waals surface area contributed by atoms with Crippen LogP contribution in [0.3, 0.4) is 0 Å². The van der Waals surface area contributed by atoms with E-state index in [1.807, 2.05) is 0 Å². The fourth-order valence-corrected chi connectivity index (χ4v) is 2.02. The second-order valence-corrected chi connectivity index (χ2v) is 4.64. The van der Waals surface area contributed by atoms with Crippen LogP contribution in [0.15, 0.2) is 26.6 Å². The molecule has 0 saturated heterocycles. The Hall–Kier alpha value is -1.50. The van der Waals surface area contributed by atoms with Crippen molar-refractivity contribution in [2.75, 3.05) is 0 Å². The first-order chi connectivity index (χ1) is 8.13. The van der Waals surface area contributed by atoms with E-state index in [9.17, 15) is 4.79 Å². The van der Waals surface area contributed by atoms with Crippen molar-refractivity contribution in [2.24, 2.45) is 16.8 Å². The van der Waals surface area contributed by atoms with E-state index in [0.717, 1.165) is 12.8 Å². The zero-order valence-electron chi connectivity index (χ0n) is 8.89. The number of furan rings is 1. The molecular formula is C10H12BrN3O3. The summed E-state index contributed by atoms with van der Waals surface area (Å²) in [5.74, 6) is -0.0323. The largest absolute Gasteiger partial charge is 0.457 e. The van der Waals surface area contributed by atoms with Crippen LogP contribution in [0, 0.1) is 5.92 Å². The first-order valence-corrected chi connectivity index (χ1v) is 5.94. The maximum Gasteiger partial charge on any atom is 0.256 e. The first kappa shape index (κ1) is 12.0. The van der Waals surface area contributed by atoms with Gasteiger partial charge in [0.25, 0.3) is 5.91 Å². The normalized spacial score (nSPS) is 17.8. The number of nitrogens with zero attached hydrogens (tertiary/aromatic N) is 1. The molecule has 1 aromatic rings. The van der Waals surface area contributed by atoms with Gasteiger partial charge >= 0.3 is 0 Å². The summed E-state index contributed by atoms with van der Waals surface area (Å²) < 4.78 is 5.34. The number of hydrogen-bond acceptors (Lipinski definition) is 4. The van der Waals surface area contributed by atoms with Crippen LogP contribution >= 0.6 is 15.9 Å². The van der Waals surface area contributed by atoms with Gasteiger partial charge in [0.1, 0.15) is 0 Å². The lowest BCUT2D eigenvalue weighted by Crippen LogP contribution is -2.46. The number of carbonyl (C=O) groups excluding carboxylic acids is 1. The molecule has 0 bridgehead atoms. The van der Waals surface area contributed by atoms with E-state index in [4.69, 9.17) is 15.4 Å². The highest BCUT2D eigenvalue weighted by molar-refractivity contribution is 9.10. The fraction of sp³-hybridized carbons (Fsp3) is 0.400. The highest BCUT2D eigenvalue weighted by Gasteiger charge is 2.35. The van der Waals surface area contributed by atoms with Crippen LogP contribution in [0.25, 0.3) is 0 Å². The molecule has 4 N–H and O–H groups in total. The van der Waals surface area contributed by atoms with Crippen LogP contribution in [-0.4, -0.2) is 23.0 Å². The molecule has 1 heterocycles. The lowest BCUT2D eigenvalue weighted by Gasteiger charge is -2.16. The fourth-order valence-electron chi connectivity index (χ4n) is 1.60.